The maximum absolute atomic E-state index is 11.8. The van der Waals surface area contributed by atoms with Gasteiger partial charge in [-0.1, -0.05) is 5.16 Å². The number of carbonyl (C=O) groups is 2. The fourth-order valence-electron chi connectivity index (χ4n) is 1.13. The maximum atomic E-state index is 11.8. The van der Waals surface area contributed by atoms with Crippen LogP contribution in [0.2, 0.25) is 0 Å². The molecule has 0 heterocycles. The number of ether oxygens (including phenoxy) is 1. The number of methoxy groups -OCH3 is 1. The van der Waals surface area contributed by atoms with Crippen LogP contribution in [0.1, 0.15) is 20.3 Å². The highest BCUT2D eigenvalue weighted by Crippen LogP contribution is 2.14. The molecule has 0 aromatic carbocycles. The van der Waals surface area contributed by atoms with Gasteiger partial charge in [-0.25, -0.2) is 0 Å². The molecule has 8 nitrogen and oxygen atoms in total. The standard InChI is InChI=1S/C11H22N4O4/c1-11(2,9(12)15-18)10(17)14-5-4-8(16)13-6-7-19-3/h18H,4-7H2,1-3H3,(H2,12,15)(H,13,16)(H,14,17). The highest BCUT2D eigenvalue weighted by molar-refractivity contribution is 6.05. The molecule has 0 saturated heterocycles. The van der Waals surface area contributed by atoms with Crippen LogP contribution >= 0.6 is 0 Å². The molecule has 5 N–H and O–H groups in total. The number of amides is 2. The minimum atomic E-state index is -1.12. The first-order chi connectivity index (χ1) is 8.86. The number of amidine groups is 1. The Morgan fingerprint density at radius 2 is 1.95 bits per heavy atom. The van der Waals surface area contributed by atoms with Gasteiger partial charge in [0.2, 0.25) is 11.8 Å². The summed E-state index contributed by atoms with van der Waals surface area (Å²) in [5.74, 6) is -0.777. The maximum Gasteiger partial charge on any atom is 0.233 e. The molecule has 0 aliphatic rings. The molecule has 0 aromatic rings. The monoisotopic (exact) mass is 274 g/mol. The first-order valence-corrected chi connectivity index (χ1v) is 5.88. The van der Waals surface area contributed by atoms with E-state index in [1.54, 1.807) is 7.11 Å². The fourth-order valence-corrected chi connectivity index (χ4v) is 1.13. The van der Waals surface area contributed by atoms with Crippen molar-refractivity contribution in [2.45, 2.75) is 20.3 Å². The highest BCUT2D eigenvalue weighted by atomic mass is 16.5. The van der Waals surface area contributed by atoms with Crippen molar-refractivity contribution in [3.05, 3.63) is 0 Å². The Balaban J connectivity index is 4.01. The summed E-state index contributed by atoms with van der Waals surface area (Å²) < 4.78 is 4.78. The fraction of sp³-hybridized carbons (Fsp3) is 0.727. The van der Waals surface area contributed by atoms with Gasteiger partial charge in [0, 0.05) is 26.6 Å². The molecule has 0 unspecified atom stereocenters. The minimum absolute atomic E-state index is 0.154. The smallest absolute Gasteiger partial charge is 0.233 e. The number of nitrogens with zero attached hydrogens (tertiary/aromatic N) is 1. The quantitative estimate of drug-likeness (QED) is 0.149. The first kappa shape index (κ1) is 17.2. The van der Waals surface area contributed by atoms with Gasteiger partial charge in [-0.05, 0) is 13.8 Å². The summed E-state index contributed by atoms with van der Waals surface area (Å²) in [4.78, 5) is 23.1. The van der Waals surface area contributed by atoms with Gasteiger partial charge >= 0.3 is 0 Å². The zero-order chi connectivity index (χ0) is 14.9. The molecule has 19 heavy (non-hydrogen) atoms. The van der Waals surface area contributed by atoms with E-state index in [1.807, 2.05) is 0 Å². The summed E-state index contributed by atoms with van der Waals surface area (Å²) in [6, 6.07) is 0. The number of hydrogen-bond acceptors (Lipinski definition) is 5. The molecule has 0 saturated carbocycles. The summed E-state index contributed by atoms with van der Waals surface area (Å²) in [5, 5.41) is 16.6. The van der Waals surface area contributed by atoms with Gasteiger partial charge in [-0.2, -0.15) is 0 Å². The van der Waals surface area contributed by atoms with Gasteiger partial charge in [-0.15, -0.1) is 0 Å². The zero-order valence-corrected chi connectivity index (χ0v) is 11.5. The predicted molar refractivity (Wildman–Crippen MR) is 69.7 cm³/mol. The third-order valence-electron chi connectivity index (χ3n) is 2.58. The Labute approximate surface area is 112 Å². The lowest BCUT2D eigenvalue weighted by molar-refractivity contribution is -0.126. The number of nitrogens with two attached hydrogens (primary N) is 1. The van der Waals surface area contributed by atoms with E-state index in [4.69, 9.17) is 15.7 Å². The Bertz CT molecular complexity index is 342. The van der Waals surface area contributed by atoms with Crippen LogP contribution in [0.5, 0.6) is 0 Å². The number of hydrogen-bond donors (Lipinski definition) is 4. The SMILES string of the molecule is COCCNC(=O)CCNC(=O)C(C)(C)C(N)=NO. The molecule has 0 aliphatic carbocycles. The molecular formula is C11H22N4O4. The molecule has 0 rings (SSSR count). The van der Waals surface area contributed by atoms with E-state index in [1.165, 1.54) is 13.8 Å². The number of oxime groups is 1. The van der Waals surface area contributed by atoms with Crippen LogP contribution in [0.25, 0.3) is 0 Å². The van der Waals surface area contributed by atoms with Crippen molar-refractivity contribution >= 4 is 17.6 Å². The summed E-state index contributed by atoms with van der Waals surface area (Å²) in [6.07, 6.45) is 0.154. The van der Waals surface area contributed by atoms with E-state index in [9.17, 15) is 9.59 Å². The van der Waals surface area contributed by atoms with E-state index in [2.05, 4.69) is 15.8 Å². The zero-order valence-electron chi connectivity index (χ0n) is 11.5. The van der Waals surface area contributed by atoms with Gasteiger partial charge in [-0.3, -0.25) is 9.59 Å². The molecule has 2 amide bonds. The van der Waals surface area contributed by atoms with E-state index >= 15 is 0 Å². The van der Waals surface area contributed by atoms with Gasteiger partial charge in [0.05, 0.1) is 6.61 Å². The van der Waals surface area contributed by atoms with Gasteiger partial charge in [0.15, 0.2) is 5.84 Å². The van der Waals surface area contributed by atoms with Crippen LogP contribution in [0.4, 0.5) is 0 Å². The third kappa shape index (κ3) is 6.05. The molecule has 0 aromatic heterocycles. The average molecular weight is 274 g/mol. The molecule has 0 atom stereocenters. The second-order valence-corrected chi connectivity index (χ2v) is 4.46. The lowest BCUT2D eigenvalue weighted by Gasteiger charge is -2.21. The highest BCUT2D eigenvalue weighted by Gasteiger charge is 2.32. The molecule has 0 radical (unpaired) electrons. The van der Waals surface area contributed by atoms with Crippen LogP contribution in [0, 0.1) is 5.41 Å². The Morgan fingerprint density at radius 1 is 1.32 bits per heavy atom. The van der Waals surface area contributed by atoms with Crippen LogP contribution in [-0.4, -0.2) is 49.7 Å². The van der Waals surface area contributed by atoms with Crippen molar-refractivity contribution in [3.8, 4) is 0 Å². The summed E-state index contributed by atoms with van der Waals surface area (Å²) in [7, 11) is 1.54. The molecule has 0 aliphatic heterocycles. The topological polar surface area (TPSA) is 126 Å². The van der Waals surface area contributed by atoms with Crippen molar-refractivity contribution < 1.29 is 19.5 Å². The summed E-state index contributed by atoms with van der Waals surface area (Å²) >= 11 is 0. The summed E-state index contributed by atoms with van der Waals surface area (Å²) in [6.45, 7) is 4.10. The predicted octanol–water partition coefficient (Wildman–Crippen LogP) is -0.972. The molecule has 110 valence electrons. The molecular weight excluding hydrogens is 252 g/mol. The van der Waals surface area contributed by atoms with Crippen molar-refractivity contribution in [2.75, 3.05) is 26.8 Å². The van der Waals surface area contributed by atoms with Gasteiger partial charge < -0.3 is 26.3 Å². The molecule has 8 heteroatoms. The Morgan fingerprint density at radius 3 is 2.47 bits per heavy atom. The molecule has 0 fully saturated rings. The van der Waals surface area contributed by atoms with Crippen LogP contribution in [-0.2, 0) is 14.3 Å². The average Bonchev–Trinajstić information content (AvgIpc) is 2.37. The lowest BCUT2D eigenvalue weighted by atomic mass is 9.91. The first-order valence-electron chi connectivity index (χ1n) is 5.88. The van der Waals surface area contributed by atoms with E-state index in [0.717, 1.165) is 0 Å². The van der Waals surface area contributed by atoms with Gasteiger partial charge in [0.1, 0.15) is 5.41 Å². The summed E-state index contributed by atoms with van der Waals surface area (Å²) in [5.41, 5.74) is 4.29. The van der Waals surface area contributed by atoms with Crippen LogP contribution < -0.4 is 16.4 Å². The second kappa shape index (κ2) is 8.30. The molecule has 0 bridgehead atoms. The Hall–Kier alpha value is -1.83. The van der Waals surface area contributed by atoms with E-state index in [-0.39, 0.29) is 24.7 Å². The number of rotatable bonds is 8. The van der Waals surface area contributed by atoms with Crippen LogP contribution in [0.15, 0.2) is 5.16 Å². The van der Waals surface area contributed by atoms with E-state index in [0.29, 0.717) is 13.2 Å². The van der Waals surface area contributed by atoms with Crippen molar-refractivity contribution in [1.29, 1.82) is 0 Å². The third-order valence-corrected chi connectivity index (χ3v) is 2.58. The number of carbonyl (C=O) groups excluding carboxylic acids is 2. The van der Waals surface area contributed by atoms with Crippen molar-refractivity contribution in [3.63, 3.8) is 0 Å². The van der Waals surface area contributed by atoms with Crippen LogP contribution in [0.3, 0.4) is 0 Å². The number of nitrogens with one attached hydrogen (secondary N) is 2. The largest absolute Gasteiger partial charge is 0.409 e. The van der Waals surface area contributed by atoms with Crippen molar-refractivity contribution in [1.82, 2.24) is 10.6 Å². The van der Waals surface area contributed by atoms with Gasteiger partial charge in [0.25, 0.3) is 0 Å². The Kier molecular flexibility index (Phi) is 7.50. The van der Waals surface area contributed by atoms with E-state index < -0.39 is 11.3 Å². The van der Waals surface area contributed by atoms with Crippen molar-refractivity contribution in [2.24, 2.45) is 16.3 Å². The molecule has 0 spiro atoms. The normalized spacial score (nSPS) is 12.1. The lowest BCUT2D eigenvalue weighted by Crippen LogP contribution is -2.46. The second-order valence-electron chi connectivity index (χ2n) is 4.46. The minimum Gasteiger partial charge on any atom is -0.409 e.